The minimum absolute atomic E-state index is 0.791. The van der Waals surface area contributed by atoms with Gasteiger partial charge in [-0.05, 0) is 0 Å². The zero-order valence-corrected chi connectivity index (χ0v) is 18.9. The second kappa shape index (κ2) is 12.2. The standard InChI is InChI=1S/C19H32O17/c1-31-17(30)15-9(25)8(24)11(27)19(36-15)34-13-5(3-21)32-16(29)12(28)14(13)35-18-10(26)7(23)6(22)4(2-20)33-18/h4-16,18-29H,2-3H2,1H3/t4-,5-,6-,7+,8+,9+,10-,11-,12-,13+,14-,15+,16?,18+,19-/m1/s1. The first-order chi connectivity index (χ1) is 17.0. The molecule has 0 aromatic rings. The maximum Gasteiger partial charge on any atom is 0.337 e. The van der Waals surface area contributed by atoms with Crippen LogP contribution in [0.3, 0.4) is 0 Å². The van der Waals surface area contributed by atoms with Gasteiger partial charge >= 0.3 is 5.97 Å². The average molecular weight is 532 g/mol. The van der Waals surface area contributed by atoms with Gasteiger partial charge in [0.15, 0.2) is 25.0 Å². The lowest BCUT2D eigenvalue weighted by Gasteiger charge is -2.48. The maximum absolute atomic E-state index is 11.9. The third kappa shape index (κ3) is 5.65. The van der Waals surface area contributed by atoms with E-state index in [4.69, 9.17) is 23.7 Å². The van der Waals surface area contributed by atoms with E-state index < -0.39 is 111 Å². The van der Waals surface area contributed by atoms with Crippen LogP contribution >= 0.6 is 0 Å². The molecule has 0 saturated carbocycles. The number of methoxy groups -OCH3 is 1. The fourth-order valence-corrected chi connectivity index (χ4v) is 4.14. The van der Waals surface area contributed by atoms with Gasteiger partial charge in [-0.3, -0.25) is 0 Å². The molecule has 3 rings (SSSR count). The van der Waals surface area contributed by atoms with Crippen molar-refractivity contribution in [1.82, 2.24) is 0 Å². The Morgan fingerprint density at radius 3 is 1.72 bits per heavy atom. The molecule has 210 valence electrons. The first-order valence-corrected chi connectivity index (χ1v) is 11.0. The molecule has 3 fully saturated rings. The highest BCUT2D eigenvalue weighted by molar-refractivity contribution is 5.75. The SMILES string of the molecule is COC(=O)[C@H]1O[C@@H](O[C@@H]2[C@H](O[C@@H]3O[C@H](CO)[C@@H](O)[C@H](O)[C@H]3O)[C@@H](O)C(O)O[C@@H]2CO)[C@H](O)[C@@H](O)[C@@H]1O. The topological polar surface area (TPSA) is 275 Å². The van der Waals surface area contributed by atoms with Gasteiger partial charge in [-0.1, -0.05) is 0 Å². The van der Waals surface area contributed by atoms with Crippen molar-refractivity contribution in [2.75, 3.05) is 20.3 Å². The Bertz CT molecular complexity index is 724. The summed E-state index contributed by atoms with van der Waals surface area (Å²) in [6.45, 7) is -1.66. The van der Waals surface area contributed by atoms with Crippen molar-refractivity contribution in [3.8, 4) is 0 Å². The number of carbonyl (C=O) groups is 1. The van der Waals surface area contributed by atoms with Gasteiger partial charge in [-0.2, -0.15) is 0 Å². The molecule has 0 spiro atoms. The van der Waals surface area contributed by atoms with Crippen LogP contribution in [0.25, 0.3) is 0 Å². The van der Waals surface area contributed by atoms with Crippen molar-refractivity contribution in [1.29, 1.82) is 0 Å². The molecule has 17 nitrogen and oxygen atoms in total. The predicted octanol–water partition coefficient (Wildman–Crippen LogP) is -7.39. The summed E-state index contributed by atoms with van der Waals surface area (Å²) in [6, 6.07) is 0. The molecular formula is C19H32O17. The molecule has 0 aromatic heterocycles. The largest absolute Gasteiger partial charge is 0.467 e. The molecule has 36 heavy (non-hydrogen) atoms. The van der Waals surface area contributed by atoms with Crippen LogP contribution in [-0.4, -0.2) is 169 Å². The molecule has 3 saturated heterocycles. The Hall–Kier alpha value is -1.13. The molecular weight excluding hydrogens is 500 g/mol. The van der Waals surface area contributed by atoms with Crippen molar-refractivity contribution in [3.63, 3.8) is 0 Å². The van der Waals surface area contributed by atoms with Gasteiger partial charge in [0, 0.05) is 0 Å². The van der Waals surface area contributed by atoms with Crippen LogP contribution in [0.15, 0.2) is 0 Å². The Labute approximate surface area is 203 Å². The van der Waals surface area contributed by atoms with Crippen molar-refractivity contribution in [2.45, 2.75) is 92.1 Å². The van der Waals surface area contributed by atoms with Gasteiger partial charge in [0.2, 0.25) is 0 Å². The summed E-state index contributed by atoms with van der Waals surface area (Å²) in [6.07, 6.45) is -27.1. The summed E-state index contributed by atoms with van der Waals surface area (Å²) in [5.41, 5.74) is 0. The first-order valence-electron chi connectivity index (χ1n) is 11.0. The molecule has 3 aliphatic heterocycles. The summed E-state index contributed by atoms with van der Waals surface area (Å²) in [5.74, 6) is -1.12. The lowest BCUT2D eigenvalue weighted by molar-refractivity contribution is -0.381. The lowest BCUT2D eigenvalue weighted by Crippen LogP contribution is -2.67. The molecule has 10 N–H and O–H groups in total. The second-order valence-electron chi connectivity index (χ2n) is 8.56. The molecule has 17 heteroatoms. The van der Waals surface area contributed by atoms with E-state index in [-0.39, 0.29) is 0 Å². The number of aliphatic hydroxyl groups excluding tert-OH is 10. The summed E-state index contributed by atoms with van der Waals surface area (Å²) < 4.78 is 31.1. The van der Waals surface area contributed by atoms with E-state index in [1.807, 2.05) is 0 Å². The fraction of sp³-hybridized carbons (Fsp3) is 0.947. The molecule has 1 unspecified atom stereocenters. The zero-order valence-electron chi connectivity index (χ0n) is 18.9. The van der Waals surface area contributed by atoms with E-state index in [0.29, 0.717) is 0 Å². The van der Waals surface area contributed by atoms with Crippen LogP contribution in [0.2, 0.25) is 0 Å². The van der Waals surface area contributed by atoms with E-state index in [1.54, 1.807) is 0 Å². The van der Waals surface area contributed by atoms with Crippen molar-refractivity contribution in [3.05, 3.63) is 0 Å². The highest BCUT2D eigenvalue weighted by Gasteiger charge is 2.54. The van der Waals surface area contributed by atoms with Crippen LogP contribution in [0.1, 0.15) is 0 Å². The molecule has 3 aliphatic rings. The normalized spacial score (nSPS) is 50.0. The number of rotatable bonds is 7. The summed E-state index contributed by atoms with van der Waals surface area (Å²) >= 11 is 0. The smallest absolute Gasteiger partial charge is 0.337 e. The molecule has 0 bridgehead atoms. The third-order valence-electron chi connectivity index (χ3n) is 6.25. The lowest BCUT2D eigenvalue weighted by atomic mass is 9.96. The van der Waals surface area contributed by atoms with Crippen LogP contribution in [0.5, 0.6) is 0 Å². The molecule has 0 aromatic carbocycles. The average Bonchev–Trinajstić information content (AvgIpc) is 2.87. The second-order valence-corrected chi connectivity index (χ2v) is 8.56. The van der Waals surface area contributed by atoms with Gasteiger partial charge in [0.05, 0.1) is 20.3 Å². The summed E-state index contributed by atoms with van der Waals surface area (Å²) in [5, 5.41) is 100. The van der Waals surface area contributed by atoms with Crippen LogP contribution in [-0.2, 0) is 33.2 Å². The number of carbonyl (C=O) groups excluding carboxylic acids is 1. The summed E-state index contributed by atoms with van der Waals surface area (Å²) in [4.78, 5) is 11.9. The van der Waals surface area contributed by atoms with Gasteiger partial charge in [-0.25, -0.2) is 4.79 Å². The van der Waals surface area contributed by atoms with E-state index in [0.717, 1.165) is 7.11 Å². The molecule has 15 atom stereocenters. The molecule has 0 amide bonds. The quantitative estimate of drug-likeness (QED) is 0.136. The molecule has 0 aliphatic carbocycles. The van der Waals surface area contributed by atoms with E-state index >= 15 is 0 Å². The highest BCUT2D eigenvalue weighted by Crippen LogP contribution is 2.33. The summed E-state index contributed by atoms with van der Waals surface area (Å²) in [7, 11) is 0.977. The predicted molar refractivity (Wildman–Crippen MR) is 106 cm³/mol. The number of aliphatic hydroxyl groups is 10. The van der Waals surface area contributed by atoms with E-state index in [2.05, 4.69) is 4.74 Å². The Morgan fingerprint density at radius 2 is 1.17 bits per heavy atom. The minimum atomic E-state index is -1.97. The first kappa shape index (κ1) is 29.4. The van der Waals surface area contributed by atoms with Gasteiger partial charge in [-0.15, -0.1) is 0 Å². The Kier molecular flexibility index (Phi) is 9.94. The van der Waals surface area contributed by atoms with Gasteiger partial charge < -0.3 is 79.5 Å². The Balaban J connectivity index is 1.86. The minimum Gasteiger partial charge on any atom is -0.467 e. The van der Waals surface area contributed by atoms with Crippen LogP contribution in [0, 0.1) is 0 Å². The number of esters is 1. The zero-order chi connectivity index (χ0) is 26.9. The van der Waals surface area contributed by atoms with Crippen LogP contribution < -0.4 is 0 Å². The van der Waals surface area contributed by atoms with Gasteiger partial charge in [0.25, 0.3) is 0 Å². The van der Waals surface area contributed by atoms with Crippen LogP contribution in [0.4, 0.5) is 0 Å². The number of hydrogen-bond acceptors (Lipinski definition) is 17. The number of ether oxygens (including phenoxy) is 6. The highest BCUT2D eigenvalue weighted by atomic mass is 16.8. The monoisotopic (exact) mass is 532 g/mol. The maximum atomic E-state index is 11.9. The van der Waals surface area contributed by atoms with Crippen molar-refractivity contribution in [2.24, 2.45) is 0 Å². The van der Waals surface area contributed by atoms with Gasteiger partial charge in [0.1, 0.15) is 67.1 Å². The van der Waals surface area contributed by atoms with E-state index in [9.17, 15) is 55.9 Å². The Morgan fingerprint density at radius 1 is 0.639 bits per heavy atom. The van der Waals surface area contributed by atoms with Crippen molar-refractivity contribution >= 4 is 5.97 Å². The molecule has 3 heterocycles. The van der Waals surface area contributed by atoms with Crippen molar-refractivity contribution < 1.29 is 84.3 Å². The third-order valence-corrected chi connectivity index (χ3v) is 6.25. The van der Waals surface area contributed by atoms with E-state index in [1.165, 1.54) is 0 Å². The fourth-order valence-electron chi connectivity index (χ4n) is 4.14. The number of hydrogen-bond donors (Lipinski definition) is 10. The molecule has 0 radical (unpaired) electrons.